The van der Waals surface area contributed by atoms with Crippen LogP contribution in [0.1, 0.15) is 44.1 Å². The number of aromatic amines is 1. The molecule has 1 fully saturated rings. The van der Waals surface area contributed by atoms with Gasteiger partial charge in [0.1, 0.15) is 5.82 Å². The van der Waals surface area contributed by atoms with E-state index in [0.717, 1.165) is 30.5 Å². The Labute approximate surface area is 120 Å². The van der Waals surface area contributed by atoms with Gasteiger partial charge in [-0.15, -0.1) is 0 Å². The number of H-pyrrole nitrogens is 1. The van der Waals surface area contributed by atoms with Crippen molar-refractivity contribution in [2.24, 2.45) is 0 Å². The largest absolute Gasteiger partial charge is 0.345 e. The van der Waals surface area contributed by atoms with E-state index in [9.17, 15) is 0 Å². The predicted octanol–water partition coefficient (Wildman–Crippen LogP) is 3.49. The lowest BCUT2D eigenvalue weighted by molar-refractivity contribution is 0.668. The number of hydrogen-bond acceptors (Lipinski definition) is 2. The molecule has 0 bridgehead atoms. The lowest BCUT2D eigenvalue weighted by Crippen LogP contribution is -2.19. The molecule has 0 saturated heterocycles. The first kappa shape index (κ1) is 13.4. The van der Waals surface area contributed by atoms with Crippen molar-refractivity contribution >= 4 is 0 Å². The number of benzene rings is 1. The molecule has 1 aliphatic carbocycles. The summed E-state index contributed by atoms with van der Waals surface area (Å²) in [6, 6.07) is 11.2. The fourth-order valence-corrected chi connectivity index (χ4v) is 2.47. The van der Waals surface area contributed by atoms with Crippen LogP contribution >= 0.6 is 0 Å². The average Bonchev–Trinajstić information content (AvgIpc) is 3.17. The number of nitrogens with one attached hydrogen (secondary N) is 2. The summed E-state index contributed by atoms with van der Waals surface area (Å²) in [6.45, 7) is 5.45. The summed E-state index contributed by atoms with van der Waals surface area (Å²) < 4.78 is 0. The van der Waals surface area contributed by atoms with E-state index >= 15 is 0 Å². The van der Waals surface area contributed by atoms with E-state index < -0.39 is 0 Å². The second-order valence-electron chi connectivity index (χ2n) is 5.94. The van der Waals surface area contributed by atoms with Crippen molar-refractivity contribution in [2.45, 2.75) is 45.1 Å². The van der Waals surface area contributed by atoms with Crippen molar-refractivity contribution in [3.63, 3.8) is 0 Å². The average molecular weight is 269 g/mol. The van der Waals surface area contributed by atoms with Gasteiger partial charge in [-0.1, -0.05) is 44.2 Å². The molecule has 0 radical (unpaired) electrons. The molecule has 0 spiro atoms. The summed E-state index contributed by atoms with van der Waals surface area (Å²) in [4.78, 5) is 8.35. The van der Waals surface area contributed by atoms with E-state index in [4.69, 9.17) is 4.98 Å². The zero-order valence-electron chi connectivity index (χ0n) is 12.3. The summed E-state index contributed by atoms with van der Waals surface area (Å²) in [7, 11) is 0. The van der Waals surface area contributed by atoms with Gasteiger partial charge in [0, 0.05) is 30.3 Å². The van der Waals surface area contributed by atoms with Crippen LogP contribution in [0.3, 0.4) is 0 Å². The lowest BCUT2D eigenvalue weighted by atomic mass is 10.0. The smallest absolute Gasteiger partial charge is 0.108 e. The third-order valence-corrected chi connectivity index (χ3v) is 3.78. The van der Waals surface area contributed by atoms with Gasteiger partial charge in [-0.05, 0) is 18.8 Å². The molecule has 1 saturated carbocycles. The summed E-state index contributed by atoms with van der Waals surface area (Å²) in [6.07, 6.45) is 3.65. The number of nitrogens with zero attached hydrogens (tertiary/aromatic N) is 1. The topological polar surface area (TPSA) is 40.7 Å². The highest BCUT2D eigenvalue weighted by Crippen LogP contribution is 2.27. The van der Waals surface area contributed by atoms with Crippen molar-refractivity contribution in [1.82, 2.24) is 15.3 Å². The van der Waals surface area contributed by atoms with Gasteiger partial charge in [0.05, 0.1) is 5.69 Å². The minimum Gasteiger partial charge on any atom is -0.345 e. The van der Waals surface area contributed by atoms with Crippen molar-refractivity contribution in [2.75, 3.05) is 6.54 Å². The summed E-state index contributed by atoms with van der Waals surface area (Å²) in [5.74, 6) is 1.56. The summed E-state index contributed by atoms with van der Waals surface area (Å²) in [5.41, 5.74) is 3.56. The maximum atomic E-state index is 4.82. The molecule has 1 aromatic carbocycles. The second kappa shape index (κ2) is 5.80. The van der Waals surface area contributed by atoms with E-state index in [1.807, 2.05) is 6.07 Å². The van der Waals surface area contributed by atoms with Crippen LogP contribution in [0.25, 0.3) is 11.3 Å². The first-order valence-electron chi connectivity index (χ1n) is 7.61. The van der Waals surface area contributed by atoms with Gasteiger partial charge in [-0.3, -0.25) is 0 Å². The van der Waals surface area contributed by atoms with Gasteiger partial charge in [0.25, 0.3) is 0 Å². The summed E-state index contributed by atoms with van der Waals surface area (Å²) >= 11 is 0. The fraction of sp³-hybridized carbons (Fsp3) is 0.471. The molecule has 0 unspecified atom stereocenters. The highest BCUT2D eigenvalue weighted by atomic mass is 15.0. The quantitative estimate of drug-likeness (QED) is 0.842. The Kier molecular flexibility index (Phi) is 3.88. The molecular formula is C17H23N3. The molecule has 0 aliphatic heterocycles. The van der Waals surface area contributed by atoms with Crippen LogP contribution in [0.5, 0.6) is 0 Å². The van der Waals surface area contributed by atoms with E-state index in [1.165, 1.54) is 24.1 Å². The highest BCUT2D eigenvalue weighted by molar-refractivity contribution is 5.62. The Morgan fingerprint density at radius 3 is 2.65 bits per heavy atom. The Hall–Kier alpha value is -1.61. The molecule has 2 aromatic rings. The Morgan fingerprint density at radius 1 is 1.25 bits per heavy atom. The molecule has 3 rings (SSSR count). The maximum Gasteiger partial charge on any atom is 0.108 e. The number of hydrogen-bond donors (Lipinski definition) is 2. The van der Waals surface area contributed by atoms with Crippen LogP contribution in [-0.4, -0.2) is 22.6 Å². The van der Waals surface area contributed by atoms with Crippen molar-refractivity contribution in [3.05, 3.63) is 41.9 Å². The van der Waals surface area contributed by atoms with Crippen LogP contribution in [-0.2, 0) is 6.42 Å². The highest BCUT2D eigenvalue weighted by Gasteiger charge is 2.20. The molecule has 3 heteroatoms. The van der Waals surface area contributed by atoms with Crippen LogP contribution in [0.15, 0.2) is 30.3 Å². The van der Waals surface area contributed by atoms with Crippen LogP contribution in [0, 0.1) is 0 Å². The predicted molar refractivity (Wildman–Crippen MR) is 82.8 cm³/mol. The van der Waals surface area contributed by atoms with Gasteiger partial charge in [0.2, 0.25) is 0 Å². The first-order chi connectivity index (χ1) is 9.74. The normalized spacial score (nSPS) is 14.9. The number of rotatable bonds is 6. The number of imidazole rings is 1. The molecule has 3 nitrogen and oxygen atoms in total. The third-order valence-electron chi connectivity index (χ3n) is 3.78. The third kappa shape index (κ3) is 3.10. The minimum absolute atomic E-state index is 0.461. The van der Waals surface area contributed by atoms with Gasteiger partial charge in [-0.2, -0.15) is 0 Å². The van der Waals surface area contributed by atoms with Crippen LogP contribution < -0.4 is 5.32 Å². The molecule has 1 heterocycles. The maximum absolute atomic E-state index is 4.82. The zero-order valence-corrected chi connectivity index (χ0v) is 12.3. The van der Waals surface area contributed by atoms with Crippen molar-refractivity contribution < 1.29 is 0 Å². The van der Waals surface area contributed by atoms with Crippen LogP contribution in [0.4, 0.5) is 0 Å². The molecular weight excluding hydrogens is 246 g/mol. The number of aromatic nitrogens is 2. The summed E-state index contributed by atoms with van der Waals surface area (Å²) in [5, 5.41) is 3.54. The molecule has 0 amide bonds. The monoisotopic (exact) mass is 269 g/mol. The molecule has 1 aliphatic rings. The Bertz CT molecular complexity index is 553. The fourth-order valence-electron chi connectivity index (χ4n) is 2.47. The van der Waals surface area contributed by atoms with Crippen molar-refractivity contribution in [1.29, 1.82) is 0 Å². The standard InChI is InChI=1S/C17H23N3/c1-12(2)16-17(13-6-4-3-5-7-13)20-15(19-16)10-11-18-14-8-9-14/h3-7,12,14,18H,8-11H2,1-2H3,(H,19,20). The van der Waals surface area contributed by atoms with Gasteiger partial charge >= 0.3 is 0 Å². The zero-order chi connectivity index (χ0) is 13.9. The SMILES string of the molecule is CC(C)c1[nH]c(CCNC2CC2)nc1-c1ccccc1. The lowest BCUT2D eigenvalue weighted by Gasteiger charge is -2.05. The Balaban J connectivity index is 1.78. The van der Waals surface area contributed by atoms with Crippen LogP contribution in [0.2, 0.25) is 0 Å². The molecule has 1 aromatic heterocycles. The van der Waals surface area contributed by atoms with E-state index in [0.29, 0.717) is 5.92 Å². The van der Waals surface area contributed by atoms with Crippen molar-refractivity contribution in [3.8, 4) is 11.3 Å². The molecule has 20 heavy (non-hydrogen) atoms. The van der Waals surface area contributed by atoms with Gasteiger partial charge in [0.15, 0.2) is 0 Å². The second-order valence-corrected chi connectivity index (χ2v) is 5.94. The molecule has 2 N–H and O–H groups in total. The van der Waals surface area contributed by atoms with Gasteiger partial charge < -0.3 is 10.3 Å². The minimum atomic E-state index is 0.461. The van der Waals surface area contributed by atoms with E-state index in [2.05, 4.69) is 48.4 Å². The first-order valence-corrected chi connectivity index (χ1v) is 7.61. The Morgan fingerprint density at radius 2 is 2.00 bits per heavy atom. The van der Waals surface area contributed by atoms with E-state index in [1.54, 1.807) is 0 Å². The molecule has 0 atom stereocenters. The van der Waals surface area contributed by atoms with Gasteiger partial charge in [-0.25, -0.2) is 4.98 Å². The molecule has 106 valence electrons. The van der Waals surface area contributed by atoms with E-state index in [-0.39, 0.29) is 0 Å².